The Bertz CT molecular complexity index is 778. The summed E-state index contributed by atoms with van der Waals surface area (Å²) in [6.07, 6.45) is 5.87. The lowest BCUT2D eigenvalue weighted by atomic mass is 10.2. The van der Waals surface area contributed by atoms with Crippen LogP contribution in [0.25, 0.3) is 0 Å². The van der Waals surface area contributed by atoms with Gasteiger partial charge < -0.3 is 9.80 Å². The van der Waals surface area contributed by atoms with Crippen LogP contribution in [0.15, 0.2) is 36.8 Å². The third kappa shape index (κ3) is 3.45. The quantitative estimate of drug-likeness (QED) is 0.819. The molecule has 2 saturated heterocycles. The zero-order chi connectivity index (χ0) is 17.9. The van der Waals surface area contributed by atoms with Gasteiger partial charge in [0.15, 0.2) is 0 Å². The molecule has 2 aromatic heterocycles. The zero-order valence-corrected chi connectivity index (χ0v) is 14.6. The number of piperazine rings is 1. The standard InChI is InChI=1S/C18H22N6O2/c25-17(22-6-3-7-22)15-12-20-24(13-15)18(26)23-10-8-21(9-11-23)14-16-4-1-2-5-19-16/h1-2,4-5,12-13H,3,6-11,14H2. The van der Waals surface area contributed by atoms with Crippen molar-refractivity contribution >= 4 is 11.9 Å². The van der Waals surface area contributed by atoms with Crippen LogP contribution < -0.4 is 0 Å². The minimum Gasteiger partial charge on any atom is -0.338 e. The van der Waals surface area contributed by atoms with Gasteiger partial charge in [0.2, 0.25) is 0 Å². The highest BCUT2D eigenvalue weighted by Gasteiger charge is 2.26. The number of rotatable bonds is 3. The van der Waals surface area contributed by atoms with E-state index < -0.39 is 0 Å². The van der Waals surface area contributed by atoms with Crippen LogP contribution in [0.4, 0.5) is 4.79 Å². The summed E-state index contributed by atoms with van der Waals surface area (Å²) in [6.45, 7) is 5.24. The van der Waals surface area contributed by atoms with E-state index in [1.165, 1.54) is 10.9 Å². The molecule has 2 amide bonds. The van der Waals surface area contributed by atoms with Crippen molar-refractivity contribution in [1.82, 2.24) is 29.5 Å². The average Bonchev–Trinajstić information content (AvgIpc) is 3.11. The molecule has 26 heavy (non-hydrogen) atoms. The van der Waals surface area contributed by atoms with E-state index in [0.29, 0.717) is 18.7 Å². The summed E-state index contributed by atoms with van der Waals surface area (Å²) < 4.78 is 1.28. The molecule has 2 fully saturated rings. The summed E-state index contributed by atoms with van der Waals surface area (Å²) >= 11 is 0. The monoisotopic (exact) mass is 354 g/mol. The first-order chi connectivity index (χ1) is 12.7. The second kappa shape index (κ2) is 7.25. The Kier molecular flexibility index (Phi) is 4.66. The number of hydrogen-bond donors (Lipinski definition) is 0. The first-order valence-electron chi connectivity index (χ1n) is 8.96. The number of likely N-dealkylation sites (tertiary alicyclic amines) is 1. The lowest BCUT2D eigenvalue weighted by molar-refractivity contribution is 0.0652. The van der Waals surface area contributed by atoms with Crippen molar-refractivity contribution < 1.29 is 9.59 Å². The number of amides is 2. The molecule has 8 nitrogen and oxygen atoms in total. The SMILES string of the molecule is O=C(c1cnn(C(=O)N2CCN(Cc3ccccn3)CC2)c1)N1CCC1. The van der Waals surface area contributed by atoms with Crippen LogP contribution in [0.5, 0.6) is 0 Å². The molecule has 8 heteroatoms. The molecule has 2 aliphatic rings. The fraction of sp³-hybridized carbons (Fsp3) is 0.444. The molecular weight excluding hydrogens is 332 g/mol. The molecule has 2 aliphatic heterocycles. The van der Waals surface area contributed by atoms with Crippen molar-refractivity contribution in [3.05, 3.63) is 48.0 Å². The Morgan fingerprint density at radius 2 is 1.81 bits per heavy atom. The third-order valence-electron chi connectivity index (χ3n) is 4.92. The summed E-state index contributed by atoms with van der Waals surface area (Å²) in [5.41, 5.74) is 1.51. The van der Waals surface area contributed by atoms with Crippen LogP contribution in [-0.4, -0.2) is 80.7 Å². The van der Waals surface area contributed by atoms with Crippen LogP contribution in [0, 0.1) is 0 Å². The van der Waals surface area contributed by atoms with E-state index in [-0.39, 0.29) is 11.9 Å². The van der Waals surface area contributed by atoms with Crippen LogP contribution in [0.1, 0.15) is 22.5 Å². The number of carbonyl (C=O) groups excluding carboxylic acids is 2. The van der Waals surface area contributed by atoms with Crippen LogP contribution in [-0.2, 0) is 6.54 Å². The van der Waals surface area contributed by atoms with Gasteiger partial charge in [0, 0.05) is 58.2 Å². The first-order valence-corrected chi connectivity index (χ1v) is 8.96. The van der Waals surface area contributed by atoms with Gasteiger partial charge in [-0.25, -0.2) is 4.79 Å². The molecule has 0 atom stereocenters. The number of carbonyl (C=O) groups is 2. The summed E-state index contributed by atoms with van der Waals surface area (Å²) in [4.78, 5) is 35.0. The minimum absolute atomic E-state index is 0.0459. The molecule has 0 aromatic carbocycles. The molecule has 4 heterocycles. The van der Waals surface area contributed by atoms with Gasteiger partial charge in [-0.05, 0) is 18.6 Å². The second-order valence-electron chi connectivity index (χ2n) is 6.69. The van der Waals surface area contributed by atoms with Crippen molar-refractivity contribution in [2.24, 2.45) is 0 Å². The third-order valence-corrected chi connectivity index (χ3v) is 4.92. The summed E-state index contributed by atoms with van der Waals surface area (Å²) in [7, 11) is 0. The number of pyridine rings is 1. The fourth-order valence-corrected chi connectivity index (χ4v) is 3.20. The predicted octanol–water partition coefficient (Wildman–Crippen LogP) is 0.910. The molecular formula is C18H22N6O2. The number of nitrogens with zero attached hydrogens (tertiary/aromatic N) is 6. The molecule has 0 aliphatic carbocycles. The lowest BCUT2D eigenvalue weighted by Crippen LogP contribution is -2.49. The zero-order valence-electron chi connectivity index (χ0n) is 14.6. The maximum absolute atomic E-state index is 12.6. The van der Waals surface area contributed by atoms with Crippen molar-refractivity contribution in [1.29, 1.82) is 0 Å². The van der Waals surface area contributed by atoms with E-state index in [2.05, 4.69) is 15.0 Å². The molecule has 0 radical (unpaired) electrons. The normalized spacial score (nSPS) is 17.8. The van der Waals surface area contributed by atoms with Crippen LogP contribution >= 0.6 is 0 Å². The summed E-state index contributed by atoms with van der Waals surface area (Å²) in [5, 5.41) is 4.09. The van der Waals surface area contributed by atoms with Gasteiger partial charge in [0.25, 0.3) is 5.91 Å². The van der Waals surface area contributed by atoms with Crippen LogP contribution in [0.3, 0.4) is 0 Å². The van der Waals surface area contributed by atoms with Gasteiger partial charge in [-0.3, -0.25) is 14.7 Å². The Morgan fingerprint density at radius 3 is 2.46 bits per heavy atom. The fourth-order valence-electron chi connectivity index (χ4n) is 3.20. The van der Waals surface area contributed by atoms with E-state index in [0.717, 1.165) is 44.8 Å². The van der Waals surface area contributed by atoms with E-state index in [4.69, 9.17) is 0 Å². The van der Waals surface area contributed by atoms with Gasteiger partial charge in [-0.15, -0.1) is 0 Å². The topological polar surface area (TPSA) is 74.6 Å². The van der Waals surface area contributed by atoms with Gasteiger partial charge in [-0.1, -0.05) is 6.07 Å². The first kappa shape index (κ1) is 16.7. The Hall–Kier alpha value is -2.74. The van der Waals surface area contributed by atoms with E-state index in [1.54, 1.807) is 22.2 Å². The van der Waals surface area contributed by atoms with Crippen molar-refractivity contribution in [2.75, 3.05) is 39.3 Å². The minimum atomic E-state index is -0.176. The molecule has 0 unspecified atom stereocenters. The van der Waals surface area contributed by atoms with Gasteiger partial charge in [0.1, 0.15) is 0 Å². The molecule has 2 aromatic rings. The largest absolute Gasteiger partial charge is 0.344 e. The van der Waals surface area contributed by atoms with Crippen molar-refractivity contribution in [3.8, 4) is 0 Å². The second-order valence-corrected chi connectivity index (χ2v) is 6.69. The highest BCUT2D eigenvalue weighted by molar-refractivity contribution is 5.94. The molecule has 136 valence electrons. The van der Waals surface area contributed by atoms with Gasteiger partial charge >= 0.3 is 6.03 Å². The van der Waals surface area contributed by atoms with E-state index >= 15 is 0 Å². The lowest BCUT2D eigenvalue weighted by Gasteiger charge is -2.34. The highest BCUT2D eigenvalue weighted by Crippen LogP contribution is 2.13. The van der Waals surface area contributed by atoms with Gasteiger partial charge in [-0.2, -0.15) is 9.78 Å². The molecule has 4 rings (SSSR count). The molecule has 0 spiro atoms. The Balaban J connectivity index is 1.32. The smallest absolute Gasteiger partial charge is 0.338 e. The van der Waals surface area contributed by atoms with Crippen molar-refractivity contribution in [2.45, 2.75) is 13.0 Å². The molecule has 0 saturated carbocycles. The number of hydrogen-bond acceptors (Lipinski definition) is 5. The van der Waals surface area contributed by atoms with E-state index in [1.807, 2.05) is 18.2 Å². The van der Waals surface area contributed by atoms with E-state index in [9.17, 15) is 9.59 Å². The van der Waals surface area contributed by atoms with Gasteiger partial charge in [0.05, 0.1) is 17.5 Å². The Labute approximate surface area is 152 Å². The van der Waals surface area contributed by atoms with Crippen LogP contribution in [0.2, 0.25) is 0 Å². The number of aromatic nitrogens is 3. The maximum atomic E-state index is 12.6. The van der Waals surface area contributed by atoms with Crippen molar-refractivity contribution in [3.63, 3.8) is 0 Å². The molecule has 0 bridgehead atoms. The average molecular weight is 354 g/mol. The predicted molar refractivity (Wildman–Crippen MR) is 94.6 cm³/mol. The molecule has 0 N–H and O–H groups in total. The summed E-state index contributed by atoms with van der Waals surface area (Å²) in [6, 6.07) is 5.73. The maximum Gasteiger partial charge on any atom is 0.344 e. The highest BCUT2D eigenvalue weighted by atomic mass is 16.2. The Morgan fingerprint density at radius 1 is 1.00 bits per heavy atom. The summed E-state index contributed by atoms with van der Waals surface area (Å²) in [5.74, 6) is -0.0459.